The van der Waals surface area contributed by atoms with Crippen molar-refractivity contribution in [3.8, 4) is 11.5 Å². The van der Waals surface area contributed by atoms with Gasteiger partial charge in [-0.15, -0.1) is 6.58 Å². The van der Waals surface area contributed by atoms with E-state index in [4.69, 9.17) is 4.74 Å². The maximum Gasteiger partial charge on any atom is 0.165 e. The number of aliphatic hydroxyl groups is 1. The van der Waals surface area contributed by atoms with Crippen LogP contribution < -0.4 is 4.74 Å². The van der Waals surface area contributed by atoms with Crippen LogP contribution in [0.2, 0.25) is 0 Å². The largest absolute Gasteiger partial charge is 0.504 e. The Morgan fingerprint density at radius 2 is 2.26 bits per heavy atom. The van der Waals surface area contributed by atoms with Gasteiger partial charge in [0, 0.05) is 29.5 Å². The SMILES string of the molecule is C=CCN1CC[C@]23c4c5ccc(O)c4OC2[C@@H](O)C=C[C@H]3[C@H]1C5. The molecule has 1 unspecified atom stereocenters. The normalized spacial score (nSPS) is 39.7. The Balaban J connectivity index is 1.76. The lowest BCUT2D eigenvalue weighted by Crippen LogP contribution is -2.65. The molecule has 1 aromatic rings. The van der Waals surface area contributed by atoms with Crippen molar-refractivity contribution < 1.29 is 14.9 Å². The number of piperidine rings is 1. The minimum atomic E-state index is -0.615. The van der Waals surface area contributed by atoms with Crippen molar-refractivity contribution in [3.05, 3.63) is 48.1 Å². The third kappa shape index (κ3) is 1.49. The van der Waals surface area contributed by atoms with Gasteiger partial charge in [0.25, 0.3) is 0 Å². The molecule has 2 N–H and O–H groups in total. The topological polar surface area (TPSA) is 52.9 Å². The molecule has 120 valence electrons. The third-order valence-corrected chi connectivity index (χ3v) is 6.35. The molecular formula is C19H21NO3. The lowest BCUT2D eigenvalue weighted by atomic mass is 9.53. The number of rotatable bonds is 2. The molecule has 1 spiro atoms. The van der Waals surface area contributed by atoms with Gasteiger partial charge in [0.1, 0.15) is 12.2 Å². The van der Waals surface area contributed by atoms with Crippen LogP contribution in [-0.4, -0.2) is 46.5 Å². The van der Waals surface area contributed by atoms with Gasteiger partial charge in [-0.25, -0.2) is 0 Å². The molecule has 23 heavy (non-hydrogen) atoms. The molecule has 1 fully saturated rings. The summed E-state index contributed by atoms with van der Waals surface area (Å²) in [6.07, 6.45) is 7.04. The van der Waals surface area contributed by atoms with E-state index >= 15 is 0 Å². The van der Waals surface area contributed by atoms with Gasteiger partial charge in [0.2, 0.25) is 0 Å². The second-order valence-electron chi connectivity index (χ2n) is 7.23. The number of benzene rings is 1. The van der Waals surface area contributed by atoms with Crippen LogP contribution in [0.15, 0.2) is 36.9 Å². The van der Waals surface area contributed by atoms with Gasteiger partial charge >= 0.3 is 0 Å². The summed E-state index contributed by atoms with van der Waals surface area (Å²) >= 11 is 0. The van der Waals surface area contributed by atoms with Crippen LogP contribution in [-0.2, 0) is 11.8 Å². The molecule has 2 aliphatic carbocycles. The summed E-state index contributed by atoms with van der Waals surface area (Å²) in [5.41, 5.74) is 2.22. The maximum absolute atomic E-state index is 10.5. The Morgan fingerprint density at radius 1 is 1.39 bits per heavy atom. The highest BCUT2D eigenvalue weighted by Crippen LogP contribution is 2.62. The summed E-state index contributed by atoms with van der Waals surface area (Å²) in [5.74, 6) is 1.13. The second-order valence-corrected chi connectivity index (χ2v) is 7.23. The Hall–Kier alpha value is -1.78. The molecular weight excluding hydrogens is 290 g/mol. The predicted molar refractivity (Wildman–Crippen MR) is 86.7 cm³/mol. The molecule has 5 rings (SSSR count). The van der Waals surface area contributed by atoms with E-state index in [1.54, 1.807) is 6.07 Å². The molecule has 0 aromatic heterocycles. The number of phenols is 1. The van der Waals surface area contributed by atoms with Gasteiger partial charge in [-0.2, -0.15) is 0 Å². The van der Waals surface area contributed by atoms with E-state index in [0.717, 1.165) is 31.5 Å². The van der Waals surface area contributed by atoms with Crippen molar-refractivity contribution in [2.24, 2.45) is 5.92 Å². The highest BCUT2D eigenvalue weighted by Gasteiger charge is 2.64. The van der Waals surface area contributed by atoms with Crippen LogP contribution in [0.25, 0.3) is 0 Å². The summed E-state index contributed by atoms with van der Waals surface area (Å²) in [7, 11) is 0. The van der Waals surface area contributed by atoms with Crippen molar-refractivity contribution in [3.63, 3.8) is 0 Å². The van der Waals surface area contributed by atoms with Crippen LogP contribution in [0.1, 0.15) is 17.5 Å². The summed E-state index contributed by atoms with van der Waals surface area (Å²) in [4.78, 5) is 2.50. The van der Waals surface area contributed by atoms with Gasteiger partial charge < -0.3 is 14.9 Å². The van der Waals surface area contributed by atoms with Crippen molar-refractivity contribution in [1.29, 1.82) is 0 Å². The standard InChI is InChI=1S/C19H21NO3/c1-2-8-20-9-7-19-12-4-6-15(22)18(19)23-17-14(21)5-3-11(16(17)19)10-13(12)20/h2-6,12-13,15,18,21-22H,1,7-10H2/t12-,13+,15-,18?,19-/m0/s1. The molecule has 0 saturated carbocycles. The predicted octanol–water partition coefficient (Wildman–Crippen LogP) is 1.75. The Morgan fingerprint density at radius 3 is 3.09 bits per heavy atom. The van der Waals surface area contributed by atoms with Crippen LogP contribution in [0.5, 0.6) is 11.5 Å². The summed E-state index contributed by atoms with van der Waals surface area (Å²) < 4.78 is 6.13. The smallest absolute Gasteiger partial charge is 0.165 e. The average molecular weight is 311 g/mol. The fourth-order valence-corrected chi connectivity index (χ4v) is 5.52. The monoisotopic (exact) mass is 311 g/mol. The van der Waals surface area contributed by atoms with Crippen LogP contribution in [0, 0.1) is 5.92 Å². The number of aromatic hydroxyl groups is 1. The molecule has 5 atom stereocenters. The van der Waals surface area contributed by atoms with Gasteiger partial charge in [-0.3, -0.25) is 4.90 Å². The summed E-state index contributed by atoms with van der Waals surface area (Å²) in [6.45, 7) is 5.76. The van der Waals surface area contributed by atoms with Crippen molar-refractivity contribution in [2.75, 3.05) is 13.1 Å². The molecule has 2 aliphatic heterocycles. The minimum Gasteiger partial charge on any atom is -0.504 e. The van der Waals surface area contributed by atoms with Gasteiger partial charge in [-0.05, 0) is 31.0 Å². The molecule has 0 radical (unpaired) electrons. The lowest BCUT2D eigenvalue weighted by Gasteiger charge is -2.57. The number of hydrogen-bond acceptors (Lipinski definition) is 4. The van der Waals surface area contributed by atoms with E-state index in [1.807, 2.05) is 18.2 Å². The zero-order valence-corrected chi connectivity index (χ0v) is 13.0. The molecule has 2 heterocycles. The van der Waals surface area contributed by atoms with Crippen molar-refractivity contribution >= 4 is 0 Å². The third-order valence-electron chi connectivity index (χ3n) is 6.35. The zero-order valence-electron chi connectivity index (χ0n) is 13.0. The van der Waals surface area contributed by atoms with Crippen LogP contribution in [0.3, 0.4) is 0 Å². The van der Waals surface area contributed by atoms with E-state index in [9.17, 15) is 10.2 Å². The molecule has 4 nitrogen and oxygen atoms in total. The lowest BCUT2D eigenvalue weighted by molar-refractivity contribution is -0.0488. The number of nitrogens with zero attached hydrogens (tertiary/aromatic N) is 1. The first-order valence-corrected chi connectivity index (χ1v) is 8.40. The molecule has 0 amide bonds. The fraction of sp³-hybridized carbons (Fsp3) is 0.474. The molecule has 1 aromatic carbocycles. The van der Waals surface area contributed by atoms with Crippen LogP contribution >= 0.6 is 0 Å². The molecule has 2 bridgehead atoms. The number of ether oxygens (including phenoxy) is 1. The number of hydrogen-bond donors (Lipinski definition) is 2. The number of aliphatic hydroxyl groups excluding tert-OH is 1. The molecule has 4 aliphatic rings. The van der Waals surface area contributed by atoms with E-state index in [1.165, 1.54) is 5.56 Å². The van der Waals surface area contributed by atoms with Crippen molar-refractivity contribution in [1.82, 2.24) is 4.90 Å². The molecule has 4 heteroatoms. The van der Waals surface area contributed by atoms with Gasteiger partial charge in [-0.1, -0.05) is 24.3 Å². The number of likely N-dealkylation sites (tertiary alicyclic amines) is 1. The molecule has 1 saturated heterocycles. The van der Waals surface area contributed by atoms with Crippen molar-refractivity contribution in [2.45, 2.75) is 36.5 Å². The van der Waals surface area contributed by atoms with Gasteiger partial charge in [0.15, 0.2) is 11.5 Å². The van der Waals surface area contributed by atoms with E-state index < -0.39 is 6.10 Å². The van der Waals surface area contributed by atoms with E-state index in [0.29, 0.717) is 17.7 Å². The summed E-state index contributed by atoms with van der Waals surface area (Å²) in [5, 5.41) is 20.8. The highest BCUT2D eigenvalue weighted by molar-refractivity contribution is 5.61. The second kappa shape index (κ2) is 4.40. The minimum absolute atomic E-state index is 0.196. The summed E-state index contributed by atoms with van der Waals surface area (Å²) in [6, 6.07) is 4.17. The Kier molecular flexibility index (Phi) is 2.61. The maximum atomic E-state index is 10.5. The van der Waals surface area contributed by atoms with E-state index in [2.05, 4.69) is 17.6 Å². The first-order valence-electron chi connectivity index (χ1n) is 8.40. The first-order chi connectivity index (χ1) is 11.2. The fourth-order valence-electron chi connectivity index (χ4n) is 5.52. The zero-order chi connectivity index (χ0) is 15.8. The van der Waals surface area contributed by atoms with E-state index in [-0.39, 0.29) is 17.3 Å². The quantitative estimate of drug-likeness (QED) is 0.817. The Bertz CT molecular complexity index is 728. The first kappa shape index (κ1) is 13.6. The Labute approximate surface area is 135 Å². The van der Waals surface area contributed by atoms with Gasteiger partial charge in [0.05, 0.1) is 0 Å². The number of phenolic OH excluding ortho intramolecular Hbond substituents is 1. The highest BCUT2D eigenvalue weighted by atomic mass is 16.5. The van der Waals surface area contributed by atoms with Crippen LogP contribution in [0.4, 0.5) is 0 Å². The average Bonchev–Trinajstić information content (AvgIpc) is 2.89.